The summed E-state index contributed by atoms with van der Waals surface area (Å²) in [5.41, 5.74) is 1.62. The normalized spacial score (nSPS) is 10.3. The molecule has 0 aliphatic carbocycles. The molecule has 2 heterocycles. The van der Waals surface area contributed by atoms with Gasteiger partial charge < -0.3 is 14.0 Å². The molecule has 3 aromatic rings. The van der Waals surface area contributed by atoms with Gasteiger partial charge in [-0.1, -0.05) is 17.3 Å². The summed E-state index contributed by atoms with van der Waals surface area (Å²) in [6.45, 7) is -0.158. The number of amides is 1. The number of nitrogens with zero attached hydrogens (tertiary/aromatic N) is 1. The molecule has 0 fully saturated rings. The summed E-state index contributed by atoms with van der Waals surface area (Å²) in [6, 6.07) is 10.7. The Labute approximate surface area is 136 Å². The lowest BCUT2D eigenvalue weighted by atomic mass is 10.2. The van der Waals surface area contributed by atoms with Crippen molar-refractivity contribution in [3.63, 3.8) is 0 Å². The summed E-state index contributed by atoms with van der Waals surface area (Å²) in [7, 11) is 1.54. The van der Waals surface area contributed by atoms with Crippen LogP contribution in [0.2, 0.25) is 0 Å². The van der Waals surface area contributed by atoms with Crippen molar-refractivity contribution in [3.8, 4) is 22.8 Å². The number of aromatic nitrogens is 1. The number of para-hydroxylation sites is 2. The van der Waals surface area contributed by atoms with E-state index in [0.29, 0.717) is 17.2 Å². The van der Waals surface area contributed by atoms with Gasteiger partial charge in [-0.25, -0.2) is 0 Å². The molecule has 0 spiro atoms. The van der Waals surface area contributed by atoms with Crippen molar-refractivity contribution in [2.45, 2.75) is 0 Å². The fraction of sp³-hybridized carbons (Fsp3) is 0.125. The second-order valence-electron chi connectivity index (χ2n) is 4.58. The maximum atomic E-state index is 11.9. The van der Waals surface area contributed by atoms with E-state index in [1.54, 1.807) is 42.7 Å². The van der Waals surface area contributed by atoms with E-state index >= 15 is 0 Å². The molecule has 1 amide bonds. The van der Waals surface area contributed by atoms with Gasteiger partial charge in [0.2, 0.25) is 5.88 Å². The molecular formula is C16H14N2O4S. The monoisotopic (exact) mass is 330 g/mol. The lowest BCUT2D eigenvalue weighted by molar-refractivity contribution is -0.118. The third-order valence-electron chi connectivity index (χ3n) is 3.02. The molecule has 0 atom stereocenters. The quantitative estimate of drug-likeness (QED) is 0.749. The van der Waals surface area contributed by atoms with Crippen molar-refractivity contribution < 1.29 is 18.8 Å². The highest BCUT2D eigenvalue weighted by atomic mass is 32.1. The van der Waals surface area contributed by atoms with E-state index in [1.807, 2.05) is 22.9 Å². The summed E-state index contributed by atoms with van der Waals surface area (Å²) in [5.74, 6) is 1.00. The Bertz CT molecular complexity index is 783. The molecule has 0 aliphatic rings. The summed E-state index contributed by atoms with van der Waals surface area (Å²) in [6.07, 6.45) is 0. The minimum Gasteiger partial charge on any atom is -0.493 e. The van der Waals surface area contributed by atoms with Crippen molar-refractivity contribution in [2.24, 2.45) is 0 Å². The summed E-state index contributed by atoms with van der Waals surface area (Å²) >= 11 is 1.57. The maximum Gasteiger partial charge on any atom is 0.264 e. The molecule has 1 N–H and O–H groups in total. The predicted octanol–water partition coefficient (Wildman–Crippen LogP) is 3.43. The van der Waals surface area contributed by atoms with Crippen LogP contribution in [0, 0.1) is 0 Å². The molecule has 0 saturated carbocycles. The van der Waals surface area contributed by atoms with Crippen LogP contribution in [0.3, 0.4) is 0 Å². The van der Waals surface area contributed by atoms with E-state index in [2.05, 4.69) is 10.5 Å². The predicted molar refractivity (Wildman–Crippen MR) is 86.9 cm³/mol. The van der Waals surface area contributed by atoms with Gasteiger partial charge in [-0.3, -0.25) is 10.1 Å². The molecule has 2 aromatic heterocycles. The Morgan fingerprint density at radius 2 is 2.13 bits per heavy atom. The average molecular weight is 330 g/mol. The second kappa shape index (κ2) is 6.97. The number of nitrogens with one attached hydrogen (secondary N) is 1. The van der Waals surface area contributed by atoms with Crippen molar-refractivity contribution >= 4 is 23.1 Å². The molecule has 0 aliphatic heterocycles. The van der Waals surface area contributed by atoms with Crippen molar-refractivity contribution in [2.75, 3.05) is 19.0 Å². The molecule has 0 unspecified atom stereocenters. The third-order valence-corrected chi connectivity index (χ3v) is 3.70. The smallest absolute Gasteiger partial charge is 0.264 e. The number of rotatable bonds is 6. The standard InChI is InChI=1S/C16H14N2O4S/c1-20-13-4-2-3-5-14(13)21-9-15(19)17-16-8-12(18-22-16)11-6-7-23-10-11/h2-8,10H,9H2,1H3,(H,17,19). The van der Waals surface area contributed by atoms with E-state index < -0.39 is 0 Å². The van der Waals surface area contributed by atoms with Crippen LogP contribution in [0.1, 0.15) is 0 Å². The fourth-order valence-electron chi connectivity index (χ4n) is 1.94. The lowest BCUT2D eigenvalue weighted by Crippen LogP contribution is -2.20. The van der Waals surface area contributed by atoms with Crippen molar-refractivity contribution in [3.05, 3.63) is 47.2 Å². The van der Waals surface area contributed by atoms with Gasteiger partial charge in [0.25, 0.3) is 5.91 Å². The Balaban J connectivity index is 1.57. The molecule has 6 nitrogen and oxygen atoms in total. The van der Waals surface area contributed by atoms with Crippen LogP contribution >= 0.6 is 11.3 Å². The number of carbonyl (C=O) groups excluding carboxylic acids is 1. The average Bonchev–Trinajstić information content (AvgIpc) is 3.24. The SMILES string of the molecule is COc1ccccc1OCC(=O)Nc1cc(-c2ccsc2)no1. The topological polar surface area (TPSA) is 73.6 Å². The third kappa shape index (κ3) is 3.70. The van der Waals surface area contributed by atoms with Gasteiger partial charge >= 0.3 is 0 Å². The Morgan fingerprint density at radius 3 is 2.87 bits per heavy atom. The van der Waals surface area contributed by atoms with Gasteiger partial charge in [0.05, 0.1) is 7.11 Å². The summed E-state index contributed by atoms with van der Waals surface area (Å²) < 4.78 is 15.7. The number of thiophene rings is 1. The minimum atomic E-state index is -0.344. The molecule has 0 bridgehead atoms. The highest BCUT2D eigenvalue weighted by molar-refractivity contribution is 7.08. The summed E-state index contributed by atoms with van der Waals surface area (Å²) in [5, 5.41) is 10.4. The number of ether oxygens (including phenoxy) is 2. The molecule has 7 heteroatoms. The van der Waals surface area contributed by atoms with E-state index in [1.165, 1.54) is 0 Å². The number of hydrogen-bond donors (Lipinski definition) is 1. The first-order valence-corrected chi connectivity index (χ1v) is 7.75. The number of carbonyl (C=O) groups is 1. The van der Waals surface area contributed by atoms with Gasteiger partial charge in [0.1, 0.15) is 5.69 Å². The van der Waals surface area contributed by atoms with Crippen LogP contribution in [0.25, 0.3) is 11.3 Å². The summed E-state index contributed by atoms with van der Waals surface area (Å²) in [4.78, 5) is 11.9. The van der Waals surface area contributed by atoms with Gasteiger partial charge in [-0.2, -0.15) is 11.3 Å². The van der Waals surface area contributed by atoms with E-state index in [-0.39, 0.29) is 18.4 Å². The molecule has 23 heavy (non-hydrogen) atoms. The van der Waals surface area contributed by atoms with Crippen LogP contribution in [0.15, 0.2) is 51.7 Å². The number of methoxy groups -OCH3 is 1. The van der Waals surface area contributed by atoms with E-state index in [4.69, 9.17) is 14.0 Å². The van der Waals surface area contributed by atoms with Crippen LogP contribution < -0.4 is 14.8 Å². The number of benzene rings is 1. The highest BCUT2D eigenvalue weighted by Gasteiger charge is 2.11. The molecule has 3 rings (SSSR count). The number of anilines is 1. The largest absolute Gasteiger partial charge is 0.493 e. The maximum absolute atomic E-state index is 11.9. The molecule has 118 valence electrons. The minimum absolute atomic E-state index is 0.158. The zero-order valence-corrected chi connectivity index (χ0v) is 13.1. The first-order valence-electron chi connectivity index (χ1n) is 6.81. The molecular weight excluding hydrogens is 316 g/mol. The van der Waals surface area contributed by atoms with Crippen molar-refractivity contribution in [1.82, 2.24) is 5.16 Å². The number of hydrogen-bond acceptors (Lipinski definition) is 6. The Hall–Kier alpha value is -2.80. The lowest BCUT2D eigenvalue weighted by Gasteiger charge is -2.09. The molecule has 1 aromatic carbocycles. The highest BCUT2D eigenvalue weighted by Crippen LogP contribution is 2.26. The van der Waals surface area contributed by atoms with Crippen LogP contribution in [0.4, 0.5) is 5.88 Å². The Morgan fingerprint density at radius 1 is 1.30 bits per heavy atom. The second-order valence-corrected chi connectivity index (χ2v) is 5.36. The fourth-order valence-corrected chi connectivity index (χ4v) is 2.58. The Kier molecular flexibility index (Phi) is 4.58. The zero-order chi connectivity index (χ0) is 16.1. The van der Waals surface area contributed by atoms with E-state index in [0.717, 1.165) is 5.56 Å². The van der Waals surface area contributed by atoms with Gasteiger partial charge in [-0.05, 0) is 23.6 Å². The zero-order valence-electron chi connectivity index (χ0n) is 12.3. The van der Waals surface area contributed by atoms with E-state index in [9.17, 15) is 4.79 Å². The van der Waals surface area contributed by atoms with Gasteiger partial charge in [0, 0.05) is 17.0 Å². The van der Waals surface area contributed by atoms with Crippen LogP contribution in [0.5, 0.6) is 11.5 Å². The van der Waals surface area contributed by atoms with Gasteiger partial charge in [-0.15, -0.1) is 0 Å². The first-order chi connectivity index (χ1) is 11.3. The first kappa shape index (κ1) is 15.1. The van der Waals surface area contributed by atoms with Crippen LogP contribution in [-0.2, 0) is 4.79 Å². The van der Waals surface area contributed by atoms with Crippen molar-refractivity contribution in [1.29, 1.82) is 0 Å². The molecule has 0 saturated heterocycles. The van der Waals surface area contributed by atoms with Crippen LogP contribution in [-0.4, -0.2) is 24.8 Å². The van der Waals surface area contributed by atoms with Gasteiger partial charge in [0.15, 0.2) is 18.1 Å². The molecule has 0 radical (unpaired) electrons.